The molecular weight excluding hydrogens is 306 g/mol. The molecule has 0 fully saturated rings. The van der Waals surface area contributed by atoms with Crippen LogP contribution < -0.4 is 4.90 Å². The average molecular weight is 322 g/mol. The second-order valence-corrected chi connectivity index (χ2v) is 7.41. The molecule has 0 aliphatic carbocycles. The number of halogens is 1. The molecule has 1 aliphatic rings. The highest BCUT2D eigenvalue weighted by molar-refractivity contribution is 9.11. The van der Waals surface area contributed by atoms with Gasteiger partial charge in [-0.2, -0.15) is 0 Å². The summed E-state index contributed by atoms with van der Waals surface area (Å²) < 4.78 is 1.22. The van der Waals surface area contributed by atoms with Crippen LogP contribution in [-0.2, 0) is 13.0 Å². The van der Waals surface area contributed by atoms with E-state index in [1.54, 1.807) is 0 Å². The molecule has 0 bridgehead atoms. The number of benzene rings is 1. The molecule has 0 N–H and O–H groups in total. The number of fused-ring (bicyclic) bond motifs is 1. The normalized spacial score (nSPS) is 14.7. The van der Waals surface area contributed by atoms with Crippen LogP contribution in [0.2, 0.25) is 0 Å². The molecule has 0 radical (unpaired) electrons. The maximum atomic E-state index is 3.54. The minimum atomic E-state index is 1.03. The van der Waals surface area contributed by atoms with E-state index < -0.39 is 0 Å². The van der Waals surface area contributed by atoms with Gasteiger partial charge in [0.1, 0.15) is 0 Å². The minimum absolute atomic E-state index is 1.03. The Morgan fingerprint density at radius 2 is 2.17 bits per heavy atom. The number of hydrogen-bond acceptors (Lipinski definition) is 2. The van der Waals surface area contributed by atoms with E-state index >= 15 is 0 Å². The van der Waals surface area contributed by atoms with E-state index in [2.05, 4.69) is 58.1 Å². The lowest BCUT2D eigenvalue weighted by molar-refractivity contribution is 0.694. The highest BCUT2D eigenvalue weighted by Crippen LogP contribution is 2.31. The predicted octanol–water partition coefficient (Wildman–Crippen LogP) is 4.77. The van der Waals surface area contributed by atoms with Crippen molar-refractivity contribution in [2.45, 2.75) is 26.3 Å². The van der Waals surface area contributed by atoms with E-state index in [9.17, 15) is 0 Å². The van der Waals surface area contributed by atoms with Gasteiger partial charge in [-0.1, -0.05) is 17.7 Å². The quantitative estimate of drug-likeness (QED) is 0.770. The van der Waals surface area contributed by atoms with E-state index in [0.717, 1.165) is 6.54 Å². The van der Waals surface area contributed by atoms with Crippen molar-refractivity contribution in [2.75, 3.05) is 11.4 Å². The first-order valence-electron chi connectivity index (χ1n) is 6.31. The Morgan fingerprint density at radius 3 is 2.94 bits per heavy atom. The molecule has 2 aromatic rings. The summed E-state index contributed by atoms with van der Waals surface area (Å²) in [5.74, 6) is 0. The lowest BCUT2D eigenvalue weighted by Crippen LogP contribution is -2.28. The van der Waals surface area contributed by atoms with Gasteiger partial charge in [0.25, 0.3) is 0 Å². The number of thiophene rings is 1. The van der Waals surface area contributed by atoms with Crippen molar-refractivity contribution in [3.05, 3.63) is 50.1 Å². The second-order valence-electron chi connectivity index (χ2n) is 4.86. The number of nitrogens with zero attached hydrogens (tertiary/aromatic N) is 1. The molecule has 1 aliphatic heterocycles. The van der Waals surface area contributed by atoms with Gasteiger partial charge in [0.05, 0.1) is 10.3 Å². The molecule has 0 atom stereocenters. The molecule has 0 saturated carbocycles. The Balaban J connectivity index is 1.87. The van der Waals surface area contributed by atoms with Crippen molar-refractivity contribution >= 4 is 33.0 Å². The van der Waals surface area contributed by atoms with Gasteiger partial charge in [0, 0.05) is 17.1 Å². The second kappa shape index (κ2) is 5.06. The largest absolute Gasteiger partial charge is 0.366 e. The summed E-state index contributed by atoms with van der Waals surface area (Å²) in [4.78, 5) is 3.94. The average Bonchev–Trinajstić information content (AvgIpc) is 2.75. The van der Waals surface area contributed by atoms with Gasteiger partial charge in [-0.3, -0.25) is 0 Å². The Kier molecular flexibility index (Phi) is 3.44. The maximum Gasteiger partial charge on any atom is 0.0702 e. The molecular formula is C15H16BrNS. The van der Waals surface area contributed by atoms with Gasteiger partial charge in [-0.15, -0.1) is 11.3 Å². The van der Waals surface area contributed by atoms with Gasteiger partial charge in [0.2, 0.25) is 0 Å². The maximum absolute atomic E-state index is 3.54. The zero-order valence-corrected chi connectivity index (χ0v) is 12.9. The lowest BCUT2D eigenvalue weighted by atomic mass is 9.99. The standard InChI is InChI=1S/C15H16BrNS/c1-11-4-6-14-12(9-11)3-2-8-17(14)10-13-5-7-15(16)18-13/h4-7,9H,2-3,8,10H2,1H3. The fraction of sp³-hybridized carbons (Fsp3) is 0.333. The highest BCUT2D eigenvalue weighted by Gasteiger charge is 2.17. The fourth-order valence-corrected chi connectivity index (χ4v) is 4.09. The number of anilines is 1. The van der Waals surface area contributed by atoms with E-state index in [1.165, 1.54) is 44.9 Å². The zero-order chi connectivity index (χ0) is 12.5. The van der Waals surface area contributed by atoms with Gasteiger partial charge < -0.3 is 4.90 Å². The van der Waals surface area contributed by atoms with Crippen LogP contribution in [0.25, 0.3) is 0 Å². The van der Waals surface area contributed by atoms with Gasteiger partial charge in [-0.05, 0) is 59.5 Å². The van der Waals surface area contributed by atoms with Crippen molar-refractivity contribution in [3.63, 3.8) is 0 Å². The summed E-state index contributed by atoms with van der Waals surface area (Å²) in [6.45, 7) is 4.38. The Morgan fingerprint density at radius 1 is 1.28 bits per heavy atom. The monoisotopic (exact) mass is 321 g/mol. The molecule has 0 unspecified atom stereocenters. The SMILES string of the molecule is Cc1ccc2c(c1)CCCN2Cc1ccc(Br)s1. The van der Waals surface area contributed by atoms with Crippen molar-refractivity contribution in [3.8, 4) is 0 Å². The Labute approximate surface area is 121 Å². The van der Waals surface area contributed by atoms with Gasteiger partial charge in [-0.25, -0.2) is 0 Å². The van der Waals surface area contributed by atoms with Crippen LogP contribution in [0.1, 0.15) is 22.4 Å². The molecule has 18 heavy (non-hydrogen) atoms. The third kappa shape index (κ3) is 2.47. The molecule has 1 nitrogen and oxygen atoms in total. The zero-order valence-electron chi connectivity index (χ0n) is 10.4. The van der Waals surface area contributed by atoms with E-state index in [0.29, 0.717) is 0 Å². The van der Waals surface area contributed by atoms with Crippen molar-refractivity contribution < 1.29 is 0 Å². The third-order valence-corrected chi connectivity index (χ3v) is 5.03. The molecule has 0 saturated heterocycles. The van der Waals surface area contributed by atoms with Gasteiger partial charge >= 0.3 is 0 Å². The van der Waals surface area contributed by atoms with Crippen LogP contribution >= 0.6 is 27.3 Å². The van der Waals surface area contributed by atoms with Gasteiger partial charge in [0.15, 0.2) is 0 Å². The summed E-state index contributed by atoms with van der Waals surface area (Å²) in [7, 11) is 0. The van der Waals surface area contributed by atoms with Crippen LogP contribution in [0, 0.1) is 6.92 Å². The van der Waals surface area contributed by atoms with Crippen LogP contribution in [0.3, 0.4) is 0 Å². The lowest BCUT2D eigenvalue weighted by Gasteiger charge is -2.31. The summed E-state index contributed by atoms with van der Waals surface area (Å²) in [6, 6.07) is 11.2. The Hall–Kier alpha value is -0.800. The molecule has 2 heterocycles. The fourth-order valence-electron chi connectivity index (χ4n) is 2.59. The van der Waals surface area contributed by atoms with E-state index in [1.807, 2.05) is 11.3 Å². The molecule has 1 aromatic heterocycles. The van der Waals surface area contributed by atoms with Crippen LogP contribution in [-0.4, -0.2) is 6.54 Å². The molecule has 0 spiro atoms. The first-order valence-corrected chi connectivity index (χ1v) is 7.92. The predicted molar refractivity (Wildman–Crippen MR) is 82.6 cm³/mol. The molecule has 3 heteroatoms. The summed E-state index contributed by atoms with van der Waals surface area (Å²) in [5.41, 5.74) is 4.31. The third-order valence-electron chi connectivity index (χ3n) is 3.43. The first-order chi connectivity index (χ1) is 8.72. The van der Waals surface area contributed by atoms with Crippen LogP contribution in [0.5, 0.6) is 0 Å². The summed E-state index contributed by atoms with van der Waals surface area (Å²) in [6.07, 6.45) is 2.49. The summed E-state index contributed by atoms with van der Waals surface area (Å²) >= 11 is 5.37. The van der Waals surface area contributed by atoms with Crippen LogP contribution in [0.15, 0.2) is 34.1 Å². The minimum Gasteiger partial charge on any atom is -0.366 e. The van der Waals surface area contributed by atoms with E-state index in [4.69, 9.17) is 0 Å². The molecule has 94 valence electrons. The first kappa shape index (κ1) is 12.2. The summed E-state index contributed by atoms with van der Waals surface area (Å²) in [5, 5.41) is 0. The van der Waals surface area contributed by atoms with Crippen molar-refractivity contribution in [1.29, 1.82) is 0 Å². The van der Waals surface area contributed by atoms with Crippen LogP contribution in [0.4, 0.5) is 5.69 Å². The number of hydrogen-bond donors (Lipinski definition) is 0. The topological polar surface area (TPSA) is 3.24 Å². The smallest absolute Gasteiger partial charge is 0.0702 e. The van der Waals surface area contributed by atoms with Crippen molar-refractivity contribution in [2.24, 2.45) is 0 Å². The highest BCUT2D eigenvalue weighted by atomic mass is 79.9. The van der Waals surface area contributed by atoms with Crippen molar-refractivity contribution in [1.82, 2.24) is 0 Å². The number of aryl methyl sites for hydroxylation is 2. The van der Waals surface area contributed by atoms with E-state index in [-0.39, 0.29) is 0 Å². The molecule has 1 aromatic carbocycles. The Bertz CT molecular complexity index is 561. The molecule has 3 rings (SSSR count). The molecule has 0 amide bonds. The number of rotatable bonds is 2.